The van der Waals surface area contributed by atoms with Crippen molar-refractivity contribution in [2.45, 2.75) is 19.4 Å². The highest BCUT2D eigenvalue weighted by Crippen LogP contribution is 2.33. The molecule has 8 nitrogen and oxygen atoms in total. The van der Waals surface area contributed by atoms with E-state index < -0.39 is 0 Å². The molecule has 0 aliphatic carbocycles. The van der Waals surface area contributed by atoms with Gasteiger partial charge in [0.15, 0.2) is 11.3 Å². The fraction of sp³-hybridized carbons (Fsp3) is 0.364. The van der Waals surface area contributed by atoms with Crippen LogP contribution in [-0.4, -0.2) is 69.1 Å². The number of ether oxygens (including phenoxy) is 1. The van der Waals surface area contributed by atoms with Gasteiger partial charge in [-0.2, -0.15) is 5.10 Å². The number of morpholine rings is 1. The molecule has 31 heavy (non-hydrogen) atoms. The van der Waals surface area contributed by atoms with E-state index in [1.807, 2.05) is 34.9 Å². The molecule has 160 valence electrons. The number of carbonyl (C=O) groups is 2. The highest BCUT2D eigenvalue weighted by atomic mass is 79.9. The highest BCUT2D eigenvalue weighted by molar-refractivity contribution is 9.10. The molecule has 1 fully saturated rings. The Labute approximate surface area is 187 Å². The lowest BCUT2D eigenvalue weighted by Crippen LogP contribution is -2.43. The van der Waals surface area contributed by atoms with Gasteiger partial charge in [0.2, 0.25) is 0 Å². The number of amides is 2. The van der Waals surface area contributed by atoms with Gasteiger partial charge in [-0.25, -0.2) is 9.50 Å². The molecule has 2 aliphatic heterocycles. The van der Waals surface area contributed by atoms with E-state index in [0.717, 1.165) is 21.2 Å². The maximum Gasteiger partial charge on any atom is 0.274 e. The number of benzene rings is 1. The molecule has 5 rings (SSSR count). The minimum atomic E-state index is -0.154. The van der Waals surface area contributed by atoms with Crippen LogP contribution >= 0.6 is 15.9 Å². The van der Waals surface area contributed by atoms with Crippen LogP contribution in [0.15, 0.2) is 41.1 Å². The average molecular weight is 484 g/mol. The van der Waals surface area contributed by atoms with Crippen molar-refractivity contribution in [2.24, 2.45) is 0 Å². The van der Waals surface area contributed by atoms with E-state index in [9.17, 15) is 9.59 Å². The Hall–Kier alpha value is -2.78. The second-order valence-electron chi connectivity index (χ2n) is 7.81. The van der Waals surface area contributed by atoms with Gasteiger partial charge >= 0.3 is 0 Å². The number of rotatable bonds is 2. The van der Waals surface area contributed by atoms with Crippen molar-refractivity contribution in [3.05, 3.63) is 63.5 Å². The molecule has 0 bridgehead atoms. The van der Waals surface area contributed by atoms with Gasteiger partial charge in [0.25, 0.3) is 11.8 Å². The topological polar surface area (TPSA) is 80.0 Å². The number of nitrogens with zero attached hydrogens (tertiary/aromatic N) is 5. The lowest BCUT2D eigenvalue weighted by Gasteiger charge is -2.36. The van der Waals surface area contributed by atoms with Crippen LogP contribution in [0, 0.1) is 0 Å². The first-order valence-corrected chi connectivity index (χ1v) is 11.1. The predicted molar refractivity (Wildman–Crippen MR) is 117 cm³/mol. The molecule has 0 saturated carbocycles. The van der Waals surface area contributed by atoms with Gasteiger partial charge < -0.3 is 14.5 Å². The fourth-order valence-corrected chi connectivity index (χ4v) is 4.69. The maximum absolute atomic E-state index is 13.3. The quantitative estimate of drug-likeness (QED) is 0.559. The molecule has 4 heterocycles. The Bertz CT molecular complexity index is 1170. The number of halogens is 1. The summed E-state index contributed by atoms with van der Waals surface area (Å²) in [6.45, 7) is 4.91. The SMILES string of the molecule is CC1c2cccc(C(=O)N3CCOCC3)c2CCN1C(=O)c1cc2ncc(Br)cn2n1. The summed E-state index contributed by atoms with van der Waals surface area (Å²) in [5.74, 6) is -0.0891. The summed E-state index contributed by atoms with van der Waals surface area (Å²) in [4.78, 5) is 34.3. The van der Waals surface area contributed by atoms with E-state index in [0.29, 0.717) is 50.6 Å². The summed E-state index contributed by atoms with van der Waals surface area (Å²) in [7, 11) is 0. The normalized spacial score (nSPS) is 18.8. The molecule has 1 atom stereocenters. The summed E-state index contributed by atoms with van der Waals surface area (Å²) in [5, 5.41) is 4.41. The van der Waals surface area contributed by atoms with E-state index in [1.165, 1.54) is 0 Å². The molecule has 9 heteroatoms. The average Bonchev–Trinajstić information content (AvgIpc) is 3.22. The predicted octanol–water partition coefficient (Wildman–Crippen LogP) is 2.72. The minimum Gasteiger partial charge on any atom is -0.378 e. The lowest BCUT2D eigenvalue weighted by atomic mass is 9.89. The van der Waals surface area contributed by atoms with Gasteiger partial charge in [-0.1, -0.05) is 12.1 Å². The summed E-state index contributed by atoms with van der Waals surface area (Å²) >= 11 is 3.37. The molecule has 2 aliphatic rings. The van der Waals surface area contributed by atoms with E-state index in [-0.39, 0.29) is 17.9 Å². The number of fused-ring (bicyclic) bond motifs is 2. The van der Waals surface area contributed by atoms with Crippen molar-refractivity contribution in [1.29, 1.82) is 0 Å². The molecular weight excluding hydrogens is 462 g/mol. The van der Waals surface area contributed by atoms with Crippen LogP contribution in [0.4, 0.5) is 0 Å². The number of aromatic nitrogens is 3. The molecule has 0 radical (unpaired) electrons. The number of hydrogen-bond donors (Lipinski definition) is 0. The Kier molecular flexibility index (Phi) is 5.23. The van der Waals surface area contributed by atoms with Crippen LogP contribution < -0.4 is 0 Å². The van der Waals surface area contributed by atoms with Gasteiger partial charge in [0.1, 0.15) is 0 Å². The Morgan fingerprint density at radius 1 is 1.16 bits per heavy atom. The van der Waals surface area contributed by atoms with E-state index in [2.05, 4.69) is 26.0 Å². The zero-order chi connectivity index (χ0) is 21.5. The molecule has 2 amide bonds. The van der Waals surface area contributed by atoms with Crippen LogP contribution in [0.1, 0.15) is 44.9 Å². The third kappa shape index (κ3) is 3.61. The second kappa shape index (κ2) is 8.05. The molecule has 0 spiro atoms. The molecule has 1 saturated heterocycles. The van der Waals surface area contributed by atoms with E-state index in [4.69, 9.17) is 4.74 Å². The Balaban J connectivity index is 1.42. The fourth-order valence-electron chi connectivity index (χ4n) is 4.39. The summed E-state index contributed by atoms with van der Waals surface area (Å²) in [5.41, 5.74) is 3.77. The highest BCUT2D eigenvalue weighted by Gasteiger charge is 2.32. The molecule has 1 unspecified atom stereocenters. The third-order valence-electron chi connectivity index (χ3n) is 6.02. The minimum absolute atomic E-state index is 0.0455. The molecule has 2 aromatic heterocycles. The summed E-state index contributed by atoms with van der Waals surface area (Å²) < 4.78 is 7.76. The van der Waals surface area contributed by atoms with Crippen molar-refractivity contribution in [2.75, 3.05) is 32.8 Å². The van der Waals surface area contributed by atoms with Crippen molar-refractivity contribution in [3.8, 4) is 0 Å². The standard InChI is InChI=1S/C22H22BrN5O3/c1-14-16-3-2-4-18(21(29)26-7-9-31-10-8-26)17(16)5-6-27(14)22(30)19-11-20-24-12-15(23)13-28(20)25-19/h2-4,11-14H,5-10H2,1H3. The lowest BCUT2D eigenvalue weighted by molar-refractivity contribution is 0.0301. The van der Waals surface area contributed by atoms with Crippen molar-refractivity contribution in [1.82, 2.24) is 24.4 Å². The van der Waals surface area contributed by atoms with Gasteiger partial charge in [-0.05, 0) is 46.5 Å². The Morgan fingerprint density at radius 3 is 2.77 bits per heavy atom. The first-order chi connectivity index (χ1) is 15.0. The largest absolute Gasteiger partial charge is 0.378 e. The first-order valence-electron chi connectivity index (χ1n) is 10.3. The smallest absolute Gasteiger partial charge is 0.274 e. The van der Waals surface area contributed by atoms with Crippen LogP contribution in [-0.2, 0) is 11.2 Å². The van der Waals surface area contributed by atoms with E-state index >= 15 is 0 Å². The molecule has 0 N–H and O–H groups in total. The summed E-state index contributed by atoms with van der Waals surface area (Å²) in [6.07, 6.45) is 4.09. The molecule has 3 aromatic rings. The maximum atomic E-state index is 13.3. The first kappa shape index (κ1) is 20.1. The van der Waals surface area contributed by atoms with Crippen molar-refractivity contribution >= 4 is 33.4 Å². The number of hydrogen-bond acceptors (Lipinski definition) is 5. The van der Waals surface area contributed by atoms with Gasteiger partial charge in [0, 0.05) is 43.7 Å². The van der Waals surface area contributed by atoms with Gasteiger partial charge in [0.05, 0.1) is 23.7 Å². The van der Waals surface area contributed by atoms with Crippen LogP contribution in [0.3, 0.4) is 0 Å². The summed E-state index contributed by atoms with van der Waals surface area (Å²) in [6, 6.07) is 7.36. The molecule has 1 aromatic carbocycles. The zero-order valence-corrected chi connectivity index (χ0v) is 18.7. The number of carbonyl (C=O) groups excluding carboxylic acids is 2. The van der Waals surface area contributed by atoms with Crippen molar-refractivity contribution < 1.29 is 14.3 Å². The molecular formula is C22H22BrN5O3. The zero-order valence-electron chi connectivity index (χ0n) is 17.1. The van der Waals surface area contributed by atoms with Gasteiger partial charge in [-0.3, -0.25) is 9.59 Å². The van der Waals surface area contributed by atoms with Gasteiger partial charge in [-0.15, -0.1) is 0 Å². The van der Waals surface area contributed by atoms with E-state index in [1.54, 1.807) is 23.0 Å². The monoisotopic (exact) mass is 483 g/mol. The van der Waals surface area contributed by atoms with Crippen LogP contribution in [0.5, 0.6) is 0 Å². The third-order valence-corrected chi connectivity index (χ3v) is 6.43. The Morgan fingerprint density at radius 2 is 1.97 bits per heavy atom. The van der Waals surface area contributed by atoms with Crippen molar-refractivity contribution in [3.63, 3.8) is 0 Å². The second-order valence-corrected chi connectivity index (χ2v) is 8.72. The van der Waals surface area contributed by atoms with Crippen LogP contribution in [0.2, 0.25) is 0 Å². The van der Waals surface area contributed by atoms with Crippen LogP contribution in [0.25, 0.3) is 5.65 Å².